The predicted molar refractivity (Wildman–Crippen MR) is 142 cm³/mol. The lowest BCUT2D eigenvalue weighted by atomic mass is 9.97. The molecule has 1 aromatic heterocycles. The number of aromatic amines is 1. The summed E-state index contributed by atoms with van der Waals surface area (Å²) in [6.45, 7) is 8.31. The highest BCUT2D eigenvalue weighted by atomic mass is 79.9. The molecule has 0 aliphatic carbocycles. The maximum Gasteiger partial charge on any atom is 0.303 e. The molecule has 3 rings (SSSR count). The standard InChI is InChI=1S/C27H33BrN2O10/c1-13(2)22-20(11-18-7-9-19(28)10-8-18)26(30-29-22)40-27-25(38-17(6)34)24(37-16(5)33)23(36-15(4)32)21(39-27)12-35-14(3)31/h7-10,13,21,23-25,27H,11-12H2,1-6H3,(H,29,30)/t21-,23+,24+,25-,27+/m1/s1. The average Bonchev–Trinajstić information content (AvgIpc) is 3.24. The minimum atomic E-state index is -1.38. The van der Waals surface area contributed by atoms with Gasteiger partial charge < -0.3 is 28.4 Å². The number of aromatic nitrogens is 2. The maximum atomic E-state index is 12.1. The molecule has 1 N–H and O–H groups in total. The van der Waals surface area contributed by atoms with Gasteiger partial charge >= 0.3 is 23.9 Å². The zero-order valence-electron chi connectivity index (χ0n) is 23.1. The molecule has 0 radical (unpaired) electrons. The van der Waals surface area contributed by atoms with Gasteiger partial charge in [-0.15, -0.1) is 5.10 Å². The van der Waals surface area contributed by atoms with Crippen LogP contribution in [-0.2, 0) is 49.3 Å². The molecule has 40 heavy (non-hydrogen) atoms. The summed E-state index contributed by atoms with van der Waals surface area (Å²) >= 11 is 3.44. The fourth-order valence-electron chi connectivity index (χ4n) is 4.31. The summed E-state index contributed by atoms with van der Waals surface area (Å²) in [7, 11) is 0. The van der Waals surface area contributed by atoms with Crippen LogP contribution < -0.4 is 4.74 Å². The van der Waals surface area contributed by atoms with E-state index in [9.17, 15) is 19.2 Å². The monoisotopic (exact) mass is 624 g/mol. The number of hydrogen-bond donors (Lipinski definition) is 1. The van der Waals surface area contributed by atoms with Crippen LogP contribution in [0.25, 0.3) is 0 Å². The van der Waals surface area contributed by atoms with Crippen molar-refractivity contribution >= 4 is 39.8 Å². The van der Waals surface area contributed by atoms with Crippen LogP contribution in [0.15, 0.2) is 28.7 Å². The Kier molecular flexibility index (Phi) is 10.7. The van der Waals surface area contributed by atoms with Crippen LogP contribution >= 0.6 is 15.9 Å². The van der Waals surface area contributed by atoms with Gasteiger partial charge in [0.15, 0.2) is 12.2 Å². The molecule has 1 saturated heterocycles. The van der Waals surface area contributed by atoms with Crippen molar-refractivity contribution in [1.82, 2.24) is 10.2 Å². The molecule has 12 nitrogen and oxygen atoms in total. The summed E-state index contributed by atoms with van der Waals surface area (Å²) in [5, 5.41) is 7.36. The number of nitrogens with one attached hydrogen (secondary N) is 1. The first-order chi connectivity index (χ1) is 18.8. The summed E-state index contributed by atoms with van der Waals surface area (Å²) in [6.07, 6.45) is -6.04. The van der Waals surface area contributed by atoms with Crippen LogP contribution in [0.2, 0.25) is 0 Å². The van der Waals surface area contributed by atoms with E-state index in [1.807, 2.05) is 38.1 Å². The lowest BCUT2D eigenvalue weighted by Crippen LogP contribution is -2.63. The Labute approximate surface area is 240 Å². The minimum absolute atomic E-state index is 0.0608. The Bertz CT molecular complexity index is 1210. The number of esters is 4. The summed E-state index contributed by atoms with van der Waals surface area (Å²) in [5.74, 6) is -2.55. The summed E-state index contributed by atoms with van der Waals surface area (Å²) in [4.78, 5) is 47.7. The molecule has 13 heteroatoms. The number of hydrogen-bond acceptors (Lipinski definition) is 11. The first-order valence-corrected chi connectivity index (χ1v) is 13.4. The third-order valence-electron chi connectivity index (χ3n) is 5.91. The van der Waals surface area contributed by atoms with E-state index < -0.39 is 54.6 Å². The maximum absolute atomic E-state index is 12.1. The van der Waals surface area contributed by atoms with Crippen LogP contribution in [0, 0.1) is 0 Å². The molecular weight excluding hydrogens is 592 g/mol. The van der Waals surface area contributed by atoms with Crippen LogP contribution in [0.1, 0.15) is 64.3 Å². The largest absolute Gasteiger partial charge is 0.463 e. The van der Waals surface area contributed by atoms with E-state index in [0.29, 0.717) is 6.42 Å². The van der Waals surface area contributed by atoms with E-state index in [0.717, 1.165) is 42.1 Å². The predicted octanol–water partition coefficient (Wildman–Crippen LogP) is 3.35. The van der Waals surface area contributed by atoms with Crippen LogP contribution in [0.4, 0.5) is 0 Å². The number of H-pyrrole nitrogens is 1. The molecule has 0 spiro atoms. The van der Waals surface area contributed by atoms with Gasteiger partial charge in [-0.25, -0.2) is 0 Å². The third kappa shape index (κ3) is 8.28. The van der Waals surface area contributed by atoms with E-state index in [4.69, 9.17) is 28.4 Å². The Morgan fingerprint density at radius 3 is 2.02 bits per heavy atom. The minimum Gasteiger partial charge on any atom is -0.463 e. The molecule has 1 aromatic carbocycles. The van der Waals surface area contributed by atoms with Crippen LogP contribution in [-0.4, -0.2) is 71.4 Å². The van der Waals surface area contributed by atoms with Gasteiger partial charge in [0.2, 0.25) is 18.3 Å². The number of rotatable bonds is 10. The second kappa shape index (κ2) is 13.8. The highest BCUT2D eigenvalue weighted by Crippen LogP contribution is 2.34. The highest BCUT2D eigenvalue weighted by Gasteiger charge is 2.53. The fourth-order valence-corrected chi connectivity index (χ4v) is 4.57. The lowest BCUT2D eigenvalue weighted by Gasteiger charge is -2.43. The van der Waals surface area contributed by atoms with Crippen molar-refractivity contribution in [2.45, 2.75) is 84.6 Å². The zero-order valence-corrected chi connectivity index (χ0v) is 24.7. The molecule has 0 bridgehead atoms. The van der Waals surface area contributed by atoms with Gasteiger partial charge in [0.1, 0.15) is 12.7 Å². The SMILES string of the molecule is CC(=O)OC[C@H]1O[C@@H](Oc2n[nH]c(C(C)C)c2Cc2ccc(Br)cc2)[C@H](OC(C)=O)[C@@H](OC(C)=O)[C@H]1OC(C)=O. The Morgan fingerprint density at radius 1 is 0.900 bits per heavy atom. The summed E-state index contributed by atoms with van der Waals surface area (Å²) in [6, 6.07) is 7.76. The van der Waals surface area contributed by atoms with E-state index in [1.165, 1.54) is 6.92 Å². The molecule has 1 fully saturated rings. The number of carbonyl (C=O) groups is 4. The van der Waals surface area contributed by atoms with Gasteiger partial charge in [-0.3, -0.25) is 24.3 Å². The van der Waals surface area contributed by atoms with Crippen molar-refractivity contribution in [2.24, 2.45) is 0 Å². The van der Waals surface area contributed by atoms with E-state index in [-0.39, 0.29) is 18.4 Å². The number of halogens is 1. The topological polar surface area (TPSA) is 152 Å². The molecule has 2 heterocycles. The molecule has 1 aliphatic heterocycles. The zero-order chi connectivity index (χ0) is 29.6. The molecular formula is C27H33BrN2O10. The molecule has 5 atom stereocenters. The van der Waals surface area contributed by atoms with Crippen LogP contribution in [0.3, 0.4) is 0 Å². The second-order valence-electron chi connectivity index (χ2n) is 9.56. The first kappa shape index (κ1) is 31.1. The Hall–Kier alpha value is -3.45. The van der Waals surface area contributed by atoms with Crippen molar-refractivity contribution in [1.29, 1.82) is 0 Å². The van der Waals surface area contributed by atoms with Gasteiger partial charge in [0.25, 0.3) is 0 Å². The van der Waals surface area contributed by atoms with Crippen molar-refractivity contribution in [3.8, 4) is 5.88 Å². The van der Waals surface area contributed by atoms with Gasteiger partial charge in [0, 0.05) is 49.8 Å². The fraction of sp³-hybridized carbons (Fsp3) is 0.519. The molecule has 218 valence electrons. The highest BCUT2D eigenvalue weighted by molar-refractivity contribution is 9.10. The molecule has 0 amide bonds. The number of carbonyl (C=O) groups excluding carboxylic acids is 4. The third-order valence-corrected chi connectivity index (χ3v) is 6.44. The van der Waals surface area contributed by atoms with Crippen LogP contribution in [0.5, 0.6) is 5.88 Å². The van der Waals surface area contributed by atoms with Crippen molar-refractivity contribution in [2.75, 3.05) is 6.61 Å². The van der Waals surface area contributed by atoms with Gasteiger partial charge in [0.05, 0.1) is 0 Å². The average molecular weight is 625 g/mol. The normalized spacial score (nSPS) is 22.4. The second-order valence-corrected chi connectivity index (χ2v) is 10.5. The van der Waals surface area contributed by atoms with E-state index >= 15 is 0 Å². The van der Waals surface area contributed by atoms with Crippen molar-refractivity contribution < 1.29 is 47.6 Å². The number of ether oxygens (including phenoxy) is 6. The number of nitrogens with zero attached hydrogens (tertiary/aromatic N) is 1. The molecule has 0 unspecified atom stereocenters. The Morgan fingerprint density at radius 2 is 1.48 bits per heavy atom. The molecule has 0 saturated carbocycles. The van der Waals surface area contributed by atoms with E-state index in [2.05, 4.69) is 26.1 Å². The quantitative estimate of drug-likeness (QED) is 0.306. The lowest BCUT2D eigenvalue weighted by molar-refractivity contribution is -0.289. The Balaban J connectivity index is 2.04. The summed E-state index contributed by atoms with van der Waals surface area (Å²) < 4.78 is 34.7. The number of benzene rings is 1. The molecule has 1 aliphatic rings. The van der Waals surface area contributed by atoms with Gasteiger partial charge in [-0.2, -0.15) is 0 Å². The van der Waals surface area contributed by atoms with Gasteiger partial charge in [-0.1, -0.05) is 41.9 Å². The molecule has 2 aromatic rings. The van der Waals surface area contributed by atoms with E-state index in [1.54, 1.807) is 0 Å². The van der Waals surface area contributed by atoms with Gasteiger partial charge in [-0.05, 0) is 23.6 Å². The summed E-state index contributed by atoms with van der Waals surface area (Å²) in [5.41, 5.74) is 2.55. The van der Waals surface area contributed by atoms with Crippen molar-refractivity contribution in [3.63, 3.8) is 0 Å². The smallest absolute Gasteiger partial charge is 0.303 e. The van der Waals surface area contributed by atoms with Crippen molar-refractivity contribution in [3.05, 3.63) is 45.6 Å². The first-order valence-electron chi connectivity index (χ1n) is 12.6.